The van der Waals surface area contributed by atoms with Gasteiger partial charge >= 0.3 is 0 Å². The molecule has 0 atom stereocenters. The van der Waals surface area contributed by atoms with Gasteiger partial charge < -0.3 is 4.74 Å². The van der Waals surface area contributed by atoms with Gasteiger partial charge in [0, 0.05) is 38.0 Å². The maximum absolute atomic E-state index is 13.5. The van der Waals surface area contributed by atoms with Crippen molar-refractivity contribution in [3.05, 3.63) is 83.4 Å². The van der Waals surface area contributed by atoms with Gasteiger partial charge in [0.1, 0.15) is 11.4 Å². The van der Waals surface area contributed by atoms with Crippen molar-refractivity contribution >= 4 is 11.7 Å². The second kappa shape index (κ2) is 10.7. The number of nitriles is 1. The molecule has 2 heterocycles. The SMILES string of the molecule is CCCCC1=NC2(CCOCC2)C(=O)N1Cc1ccc(-c2cc(-c3cccc(C)c3)ccc2C#N)cc1. The molecule has 1 fully saturated rings. The second-order valence-electron chi connectivity index (χ2n) is 10.1. The fourth-order valence-corrected chi connectivity index (χ4v) is 5.30. The number of amidine groups is 1. The first kappa shape index (κ1) is 24.9. The summed E-state index contributed by atoms with van der Waals surface area (Å²) in [6.45, 7) is 5.93. The molecule has 1 amide bonds. The van der Waals surface area contributed by atoms with E-state index in [2.05, 4.69) is 74.5 Å². The fourth-order valence-electron chi connectivity index (χ4n) is 5.30. The highest BCUT2D eigenvalue weighted by molar-refractivity contribution is 6.08. The summed E-state index contributed by atoms with van der Waals surface area (Å²) in [4.78, 5) is 20.4. The van der Waals surface area contributed by atoms with Gasteiger partial charge in [-0.15, -0.1) is 0 Å². The van der Waals surface area contributed by atoms with E-state index in [-0.39, 0.29) is 5.91 Å². The van der Waals surface area contributed by atoms with Gasteiger partial charge in [-0.1, -0.05) is 73.5 Å². The molecule has 0 N–H and O–H groups in total. The van der Waals surface area contributed by atoms with Crippen molar-refractivity contribution in [3.63, 3.8) is 0 Å². The molecule has 1 saturated heterocycles. The minimum atomic E-state index is -0.640. The summed E-state index contributed by atoms with van der Waals surface area (Å²) in [7, 11) is 0. The van der Waals surface area contributed by atoms with Crippen LogP contribution in [0, 0.1) is 18.3 Å². The molecule has 5 heteroatoms. The average Bonchev–Trinajstić information content (AvgIpc) is 3.17. The van der Waals surface area contributed by atoms with E-state index >= 15 is 0 Å². The van der Waals surface area contributed by atoms with Gasteiger partial charge in [-0.2, -0.15) is 5.26 Å². The van der Waals surface area contributed by atoms with E-state index in [0.29, 0.717) is 38.2 Å². The third-order valence-electron chi connectivity index (χ3n) is 7.47. The Bertz CT molecular complexity index is 1360. The maximum atomic E-state index is 13.5. The van der Waals surface area contributed by atoms with E-state index < -0.39 is 5.54 Å². The zero-order chi connectivity index (χ0) is 25.8. The van der Waals surface area contributed by atoms with Crippen LogP contribution < -0.4 is 0 Å². The molecule has 2 aliphatic heterocycles. The zero-order valence-electron chi connectivity index (χ0n) is 21.7. The lowest BCUT2D eigenvalue weighted by Gasteiger charge is -2.29. The van der Waals surface area contributed by atoms with Crippen LogP contribution in [0.3, 0.4) is 0 Å². The Morgan fingerprint density at radius 2 is 1.73 bits per heavy atom. The maximum Gasteiger partial charge on any atom is 0.256 e. The van der Waals surface area contributed by atoms with E-state index in [9.17, 15) is 10.1 Å². The van der Waals surface area contributed by atoms with Gasteiger partial charge in [0.25, 0.3) is 5.91 Å². The molecule has 5 nitrogen and oxygen atoms in total. The predicted molar refractivity (Wildman–Crippen MR) is 147 cm³/mol. The minimum absolute atomic E-state index is 0.114. The molecular weight excluding hydrogens is 458 g/mol. The number of rotatable bonds is 7. The Labute approximate surface area is 219 Å². The highest BCUT2D eigenvalue weighted by atomic mass is 16.5. The summed E-state index contributed by atoms with van der Waals surface area (Å²) in [5, 5.41) is 9.76. The van der Waals surface area contributed by atoms with E-state index in [1.54, 1.807) is 0 Å². The number of ether oxygens (including phenoxy) is 1. The van der Waals surface area contributed by atoms with Gasteiger partial charge in [-0.05, 0) is 47.7 Å². The second-order valence-corrected chi connectivity index (χ2v) is 10.1. The summed E-state index contributed by atoms with van der Waals surface area (Å²) in [6, 6.07) is 25.0. The first-order valence-corrected chi connectivity index (χ1v) is 13.2. The molecule has 0 saturated carbocycles. The topological polar surface area (TPSA) is 65.7 Å². The highest BCUT2D eigenvalue weighted by Crippen LogP contribution is 2.35. The third-order valence-corrected chi connectivity index (χ3v) is 7.47. The summed E-state index contributed by atoms with van der Waals surface area (Å²) < 4.78 is 5.53. The van der Waals surface area contributed by atoms with E-state index in [4.69, 9.17) is 9.73 Å². The van der Waals surface area contributed by atoms with Crippen LogP contribution >= 0.6 is 0 Å². The predicted octanol–water partition coefficient (Wildman–Crippen LogP) is 6.68. The van der Waals surface area contributed by atoms with E-state index in [0.717, 1.165) is 52.9 Å². The first-order chi connectivity index (χ1) is 18.0. The number of carbonyl (C=O) groups excluding carboxylic acids is 1. The number of nitrogens with zero attached hydrogens (tertiary/aromatic N) is 3. The van der Waals surface area contributed by atoms with Crippen LogP contribution in [0.4, 0.5) is 0 Å². The highest BCUT2D eigenvalue weighted by Gasteiger charge is 2.48. The number of amides is 1. The van der Waals surface area contributed by atoms with Gasteiger partial charge in [0.2, 0.25) is 0 Å². The standard InChI is InChI=1S/C32H33N3O2/c1-3-4-8-30-34-32(15-17-37-18-16-32)31(36)35(30)22-24-9-11-25(12-10-24)29-20-27(13-14-28(29)21-33)26-7-5-6-23(2)19-26/h5-7,9-14,19-20H,3-4,8,15-18,22H2,1-2H3. The number of hydrogen-bond donors (Lipinski definition) is 0. The van der Waals surface area contributed by atoms with Crippen molar-refractivity contribution in [1.82, 2.24) is 4.90 Å². The van der Waals surface area contributed by atoms with Crippen LogP contribution in [0.25, 0.3) is 22.3 Å². The molecule has 0 bridgehead atoms. The monoisotopic (exact) mass is 491 g/mol. The van der Waals surface area contributed by atoms with Crippen molar-refractivity contribution in [1.29, 1.82) is 5.26 Å². The molecule has 3 aromatic carbocycles. The molecule has 0 aromatic heterocycles. The largest absolute Gasteiger partial charge is 0.381 e. The number of aliphatic imine (C=N–C) groups is 1. The van der Waals surface area contributed by atoms with Crippen molar-refractivity contribution in [2.24, 2.45) is 4.99 Å². The van der Waals surface area contributed by atoms with E-state index in [1.807, 2.05) is 17.0 Å². The van der Waals surface area contributed by atoms with Crippen LogP contribution in [0.1, 0.15) is 55.7 Å². The van der Waals surface area contributed by atoms with E-state index in [1.165, 1.54) is 5.56 Å². The Morgan fingerprint density at radius 3 is 2.43 bits per heavy atom. The van der Waals surface area contributed by atoms with Gasteiger partial charge in [0.15, 0.2) is 0 Å². The first-order valence-electron chi connectivity index (χ1n) is 13.2. The lowest BCUT2D eigenvalue weighted by Crippen LogP contribution is -2.45. The summed E-state index contributed by atoms with van der Waals surface area (Å²) in [5.74, 6) is 1.03. The molecule has 0 aliphatic carbocycles. The Morgan fingerprint density at radius 1 is 1.00 bits per heavy atom. The minimum Gasteiger partial charge on any atom is -0.381 e. The number of unbranched alkanes of at least 4 members (excludes halogenated alkanes) is 1. The van der Waals surface area contributed by atoms with Crippen molar-refractivity contribution < 1.29 is 9.53 Å². The molecule has 188 valence electrons. The van der Waals surface area contributed by atoms with Crippen LogP contribution in [0.15, 0.2) is 71.7 Å². The third kappa shape index (κ3) is 5.08. The van der Waals surface area contributed by atoms with Crippen molar-refractivity contribution in [2.75, 3.05) is 13.2 Å². The van der Waals surface area contributed by atoms with Gasteiger partial charge in [-0.25, -0.2) is 0 Å². The quantitative estimate of drug-likeness (QED) is 0.370. The normalized spacial score (nSPS) is 16.6. The average molecular weight is 492 g/mol. The van der Waals surface area contributed by atoms with Gasteiger partial charge in [0.05, 0.1) is 18.2 Å². The molecule has 1 spiro atoms. The Kier molecular flexibility index (Phi) is 7.21. The molecule has 0 radical (unpaired) electrons. The lowest BCUT2D eigenvalue weighted by atomic mass is 9.90. The zero-order valence-corrected chi connectivity index (χ0v) is 21.7. The summed E-state index contributed by atoms with van der Waals surface area (Å²) >= 11 is 0. The number of aryl methyl sites for hydroxylation is 1. The Hall–Kier alpha value is -3.75. The number of carbonyl (C=O) groups is 1. The van der Waals surface area contributed by atoms with Crippen LogP contribution in [0.2, 0.25) is 0 Å². The molecular formula is C32H33N3O2. The van der Waals surface area contributed by atoms with Crippen molar-refractivity contribution in [2.45, 2.75) is 58.0 Å². The van der Waals surface area contributed by atoms with Crippen LogP contribution in [-0.4, -0.2) is 35.4 Å². The summed E-state index contributed by atoms with van der Waals surface area (Å²) in [6.07, 6.45) is 4.22. The Balaban J connectivity index is 1.40. The fraction of sp³-hybridized carbons (Fsp3) is 0.344. The van der Waals surface area contributed by atoms with Crippen LogP contribution in [0.5, 0.6) is 0 Å². The lowest BCUT2D eigenvalue weighted by molar-refractivity contribution is -0.134. The molecule has 37 heavy (non-hydrogen) atoms. The molecule has 5 rings (SSSR count). The van der Waals surface area contributed by atoms with Crippen LogP contribution in [-0.2, 0) is 16.1 Å². The smallest absolute Gasteiger partial charge is 0.256 e. The number of hydrogen-bond acceptors (Lipinski definition) is 4. The van der Waals surface area contributed by atoms with Crippen molar-refractivity contribution in [3.8, 4) is 28.3 Å². The summed E-state index contributed by atoms with van der Waals surface area (Å²) in [5.41, 5.74) is 6.39. The molecule has 2 aliphatic rings. The van der Waals surface area contributed by atoms with Gasteiger partial charge in [-0.3, -0.25) is 14.7 Å². The molecule has 0 unspecified atom stereocenters. The number of benzene rings is 3. The molecule has 3 aromatic rings.